The van der Waals surface area contributed by atoms with Crippen LogP contribution in [0, 0.1) is 11.8 Å². The number of nitrogens with one attached hydrogen (secondary N) is 1. The van der Waals surface area contributed by atoms with Crippen LogP contribution < -0.4 is 5.32 Å². The maximum atomic E-state index is 12.4. The summed E-state index contributed by atoms with van der Waals surface area (Å²) in [6, 6.07) is 8.70. The van der Waals surface area contributed by atoms with Gasteiger partial charge in [0.05, 0.1) is 11.4 Å². The minimum atomic E-state index is -0.898. The molecule has 0 bridgehead atoms. The van der Waals surface area contributed by atoms with Crippen molar-refractivity contribution in [1.82, 2.24) is 10.3 Å². The maximum absolute atomic E-state index is 12.4. The molecule has 2 heterocycles. The summed E-state index contributed by atoms with van der Waals surface area (Å²) in [6.07, 6.45) is 1.39. The zero-order valence-electron chi connectivity index (χ0n) is 13.6. The van der Waals surface area contributed by atoms with Gasteiger partial charge < -0.3 is 15.2 Å². The molecule has 1 fully saturated rings. The predicted octanol–water partition coefficient (Wildman–Crippen LogP) is 2.75. The van der Waals surface area contributed by atoms with E-state index in [1.165, 1.54) is 0 Å². The summed E-state index contributed by atoms with van der Waals surface area (Å²) < 4.78 is 5.27. The molecule has 2 aromatic rings. The second-order valence-corrected chi connectivity index (χ2v) is 6.57. The van der Waals surface area contributed by atoms with Crippen molar-refractivity contribution in [3.63, 3.8) is 0 Å². The van der Waals surface area contributed by atoms with E-state index in [1.54, 1.807) is 24.3 Å². The highest BCUT2D eigenvalue weighted by atomic mass is 35.5. The molecule has 0 aliphatic carbocycles. The van der Waals surface area contributed by atoms with Crippen molar-refractivity contribution in [3.05, 3.63) is 41.0 Å². The average Bonchev–Trinajstić information content (AvgIpc) is 2.61. The minimum absolute atomic E-state index is 0.00918. The number of amides is 1. The summed E-state index contributed by atoms with van der Waals surface area (Å²) in [5, 5.41) is 13.6. The lowest BCUT2D eigenvalue weighted by Gasteiger charge is -2.27. The van der Waals surface area contributed by atoms with Gasteiger partial charge in [-0.15, -0.1) is 0 Å². The van der Waals surface area contributed by atoms with Crippen LogP contribution in [-0.2, 0) is 9.53 Å². The lowest BCUT2D eigenvalue weighted by atomic mass is 9.86. The van der Waals surface area contributed by atoms with Gasteiger partial charge in [0.25, 0.3) is 5.91 Å². The largest absolute Gasteiger partial charge is 0.481 e. The number of ether oxygens (including phenoxy) is 1. The molecular weight excluding hydrogens is 344 g/mol. The molecule has 3 rings (SSSR count). The van der Waals surface area contributed by atoms with Gasteiger partial charge in [-0.3, -0.25) is 9.59 Å². The highest BCUT2D eigenvalue weighted by Crippen LogP contribution is 2.24. The van der Waals surface area contributed by atoms with Crippen LogP contribution in [0.25, 0.3) is 10.9 Å². The lowest BCUT2D eigenvalue weighted by molar-refractivity contribution is -0.144. The third kappa shape index (κ3) is 4.27. The zero-order valence-corrected chi connectivity index (χ0v) is 14.3. The molecule has 1 amide bonds. The fraction of sp³-hybridized carbons (Fsp3) is 0.389. The Bertz CT molecular complexity index is 790. The van der Waals surface area contributed by atoms with Crippen molar-refractivity contribution in [2.45, 2.75) is 12.8 Å². The van der Waals surface area contributed by atoms with E-state index < -0.39 is 11.9 Å². The Morgan fingerprint density at radius 1 is 1.28 bits per heavy atom. The van der Waals surface area contributed by atoms with Crippen molar-refractivity contribution >= 4 is 34.4 Å². The number of halogens is 1. The van der Waals surface area contributed by atoms with Gasteiger partial charge in [-0.05, 0) is 37.0 Å². The number of carboxylic acids is 1. The number of nitrogens with zero attached hydrogens (tertiary/aromatic N) is 1. The standard InChI is InChI=1S/C18H19ClN2O4/c19-13-3-1-12-2-4-15(21-16(12)9-13)17(22)20-10-14(18(23)24)11-5-7-25-8-6-11/h1-4,9,11,14H,5-8,10H2,(H,20,22)(H,23,24). The monoisotopic (exact) mass is 362 g/mol. The normalized spacial score (nSPS) is 16.5. The number of benzene rings is 1. The second kappa shape index (κ2) is 7.80. The molecule has 1 aliphatic rings. The fourth-order valence-corrected chi connectivity index (χ4v) is 3.25. The van der Waals surface area contributed by atoms with E-state index in [0.29, 0.717) is 36.6 Å². The van der Waals surface area contributed by atoms with E-state index in [-0.39, 0.29) is 24.1 Å². The van der Waals surface area contributed by atoms with Crippen LogP contribution in [0.2, 0.25) is 5.02 Å². The second-order valence-electron chi connectivity index (χ2n) is 6.14. The van der Waals surface area contributed by atoms with Crippen LogP contribution in [-0.4, -0.2) is 41.7 Å². The number of rotatable bonds is 5. The van der Waals surface area contributed by atoms with E-state index in [2.05, 4.69) is 10.3 Å². The van der Waals surface area contributed by atoms with E-state index in [1.807, 2.05) is 6.07 Å². The van der Waals surface area contributed by atoms with E-state index in [4.69, 9.17) is 16.3 Å². The topological polar surface area (TPSA) is 88.5 Å². The van der Waals surface area contributed by atoms with Crippen molar-refractivity contribution in [2.75, 3.05) is 19.8 Å². The van der Waals surface area contributed by atoms with Crippen LogP contribution in [0.1, 0.15) is 23.3 Å². The number of aliphatic carboxylic acids is 1. The van der Waals surface area contributed by atoms with Crippen LogP contribution >= 0.6 is 11.6 Å². The number of carbonyl (C=O) groups excluding carboxylic acids is 1. The lowest BCUT2D eigenvalue weighted by Crippen LogP contribution is -2.39. The number of carboxylic acid groups (broad SMARTS) is 1. The number of fused-ring (bicyclic) bond motifs is 1. The molecule has 1 aromatic heterocycles. The Balaban J connectivity index is 1.69. The first-order chi connectivity index (χ1) is 12.0. The molecule has 0 saturated carbocycles. The first-order valence-electron chi connectivity index (χ1n) is 8.19. The van der Waals surface area contributed by atoms with E-state index in [0.717, 1.165) is 5.39 Å². The first kappa shape index (κ1) is 17.6. The molecule has 1 atom stereocenters. The summed E-state index contributed by atoms with van der Waals surface area (Å²) in [4.78, 5) is 28.2. The number of pyridine rings is 1. The SMILES string of the molecule is O=C(NCC(C(=O)O)C1CCOCC1)c1ccc2ccc(Cl)cc2n1. The maximum Gasteiger partial charge on any atom is 0.308 e. The molecule has 1 aliphatic heterocycles. The van der Waals surface area contributed by atoms with Gasteiger partial charge in [-0.1, -0.05) is 23.7 Å². The molecule has 1 unspecified atom stereocenters. The van der Waals surface area contributed by atoms with Gasteiger partial charge in [0.15, 0.2) is 0 Å². The Kier molecular flexibility index (Phi) is 5.50. The number of hydrogen-bond acceptors (Lipinski definition) is 4. The van der Waals surface area contributed by atoms with E-state index >= 15 is 0 Å². The molecule has 25 heavy (non-hydrogen) atoms. The number of hydrogen-bond donors (Lipinski definition) is 2. The van der Waals surface area contributed by atoms with Crippen LogP contribution in [0.3, 0.4) is 0 Å². The minimum Gasteiger partial charge on any atom is -0.481 e. The fourth-order valence-electron chi connectivity index (χ4n) is 3.08. The van der Waals surface area contributed by atoms with Crippen LogP contribution in [0.4, 0.5) is 0 Å². The van der Waals surface area contributed by atoms with Crippen molar-refractivity contribution in [2.24, 2.45) is 11.8 Å². The third-order valence-electron chi connectivity index (χ3n) is 4.52. The molecular formula is C18H19ClN2O4. The summed E-state index contributed by atoms with van der Waals surface area (Å²) in [5.74, 6) is -1.90. The summed E-state index contributed by atoms with van der Waals surface area (Å²) >= 11 is 5.96. The number of aromatic nitrogens is 1. The molecule has 2 N–H and O–H groups in total. The van der Waals surface area contributed by atoms with Gasteiger partial charge in [0.2, 0.25) is 0 Å². The molecule has 0 radical (unpaired) electrons. The Hall–Kier alpha value is -2.18. The smallest absolute Gasteiger partial charge is 0.308 e. The van der Waals surface area contributed by atoms with Crippen molar-refractivity contribution in [3.8, 4) is 0 Å². The van der Waals surface area contributed by atoms with E-state index in [9.17, 15) is 14.7 Å². The molecule has 132 valence electrons. The molecule has 0 spiro atoms. The van der Waals surface area contributed by atoms with Gasteiger partial charge in [0.1, 0.15) is 5.69 Å². The highest BCUT2D eigenvalue weighted by molar-refractivity contribution is 6.31. The Morgan fingerprint density at radius 2 is 2.00 bits per heavy atom. The van der Waals surface area contributed by atoms with Gasteiger partial charge in [-0.25, -0.2) is 4.98 Å². The first-order valence-corrected chi connectivity index (χ1v) is 8.57. The number of carbonyl (C=O) groups is 2. The van der Waals surface area contributed by atoms with Crippen LogP contribution in [0.5, 0.6) is 0 Å². The predicted molar refractivity (Wildman–Crippen MR) is 93.8 cm³/mol. The summed E-state index contributed by atoms with van der Waals surface area (Å²) in [6.45, 7) is 1.21. The Labute approximate surface area is 150 Å². The zero-order chi connectivity index (χ0) is 17.8. The summed E-state index contributed by atoms with van der Waals surface area (Å²) in [5.41, 5.74) is 0.866. The van der Waals surface area contributed by atoms with Crippen LogP contribution in [0.15, 0.2) is 30.3 Å². The van der Waals surface area contributed by atoms with Crippen molar-refractivity contribution in [1.29, 1.82) is 0 Å². The average molecular weight is 363 g/mol. The molecule has 1 saturated heterocycles. The quantitative estimate of drug-likeness (QED) is 0.853. The molecule has 6 nitrogen and oxygen atoms in total. The Morgan fingerprint density at radius 3 is 2.72 bits per heavy atom. The van der Waals surface area contributed by atoms with Gasteiger partial charge >= 0.3 is 5.97 Å². The molecule has 7 heteroatoms. The highest BCUT2D eigenvalue weighted by Gasteiger charge is 2.30. The third-order valence-corrected chi connectivity index (χ3v) is 4.76. The van der Waals surface area contributed by atoms with Gasteiger partial charge in [0, 0.05) is 30.2 Å². The van der Waals surface area contributed by atoms with Crippen molar-refractivity contribution < 1.29 is 19.4 Å². The molecule has 1 aromatic carbocycles. The summed E-state index contributed by atoms with van der Waals surface area (Å²) in [7, 11) is 0. The van der Waals surface area contributed by atoms with Gasteiger partial charge in [-0.2, -0.15) is 0 Å².